The van der Waals surface area contributed by atoms with Crippen LogP contribution in [0, 0.1) is 12.7 Å². The average molecular weight is 419 g/mol. The van der Waals surface area contributed by atoms with Crippen molar-refractivity contribution in [1.82, 2.24) is 9.78 Å². The van der Waals surface area contributed by atoms with Gasteiger partial charge in [0.25, 0.3) is 0 Å². The molecule has 0 bridgehead atoms. The zero-order valence-electron chi connectivity index (χ0n) is 15.3. The van der Waals surface area contributed by atoms with E-state index in [0.717, 1.165) is 6.07 Å². The Bertz CT molecular complexity index is 1200. The summed E-state index contributed by atoms with van der Waals surface area (Å²) in [6.45, 7) is 1.51. The van der Waals surface area contributed by atoms with Crippen molar-refractivity contribution in [1.29, 1.82) is 0 Å². The second-order valence-electron chi connectivity index (χ2n) is 6.73. The van der Waals surface area contributed by atoms with Crippen molar-refractivity contribution in [2.45, 2.75) is 19.6 Å². The fourth-order valence-corrected chi connectivity index (χ4v) is 3.61. The van der Waals surface area contributed by atoms with Gasteiger partial charge in [-0.2, -0.15) is 18.3 Å². The maximum Gasteiger partial charge on any atom is 0.418 e. The molecular weight excluding hydrogens is 404 g/mol. The SMILES string of the molecule is Cc1ccc(Cl)c(Cn2nc3c(C(F)(F)F)cccc3c2-c2ccccc2)c1F. The van der Waals surface area contributed by atoms with Crippen LogP contribution in [0.1, 0.15) is 16.7 Å². The zero-order valence-corrected chi connectivity index (χ0v) is 16.0. The summed E-state index contributed by atoms with van der Waals surface area (Å²) in [6.07, 6.45) is -4.56. The minimum Gasteiger partial charge on any atom is -0.259 e. The molecule has 1 aromatic heterocycles. The molecule has 4 rings (SSSR count). The maximum atomic E-state index is 14.7. The lowest BCUT2D eigenvalue weighted by molar-refractivity contribution is -0.136. The van der Waals surface area contributed by atoms with E-state index in [2.05, 4.69) is 5.10 Å². The van der Waals surface area contributed by atoms with Crippen molar-refractivity contribution >= 4 is 22.5 Å². The summed E-state index contributed by atoms with van der Waals surface area (Å²) >= 11 is 6.19. The molecule has 2 nitrogen and oxygen atoms in total. The van der Waals surface area contributed by atoms with Gasteiger partial charge >= 0.3 is 6.18 Å². The number of benzene rings is 3. The van der Waals surface area contributed by atoms with Crippen molar-refractivity contribution in [2.75, 3.05) is 0 Å². The second-order valence-corrected chi connectivity index (χ2v) is 7.14. The Morgan fingerprint density at radius 1 is 0.966 bits per heavy atom. The second kappa shape index (κ2) is 7.19. The van der Waals surface area contributed by atoms with Crippen molar-refractivity contribution < 1.29 is 17.6 Å². The minimum absolute atomic E-state index is 0.0947. The van der Waals surface area contributed by atoms with Crippen LogP contribution in [0.5, 0.6) is 0 Å². The van der Waals surface area contributed by atoms with E-state index in [-0.39, 0.29) is 22.6 Å². The number of nitrogens with zero attached hydrogens (tertiary/aromatic N) is 2. The Morgan fingerprint density at radius 3 is 2.38 bits per heavy atom. The Hall–Kier alpha value is -2.86. The molecule has 0 aliphatic rings. The van der Waals surface area contributed by atoms with E-state index in [1.54, 1.807) is 49.4 Å². The Morgan fingerprint density at radius 2 is 1.69 bits per heavy atom. The summed E-state index contributed by atoms with van der Waals surface area (Å²) in [4.78, 5) is 0. The average Bonchev–Trinajstić information content (AvgIpc) is 3.06. The number of hydrogen-bond donors (Lipinski definition) is 0. The normalized spacial score (nSPS) is 11.9. The first kappa shape index (κ1) is 19.5. The lowest BCUT2D eigenvalue weighted by atomic mass is 10.0. The third-order valence-corrected chi connectivity index (χ3v) is 5.16. The van der Waals surface area contributed by atoms with Gasteiger partial charge in [0.05, 0.1) is 17.8 Å². The van der Waals surface area contributed by atoms with Gasteiger partial charge in [-0.05, 0) is 24.6 Å². The van der Waals surface area contributed by atoms with Gasteiger partial charge in [-0.3, -0.25) is 4.68 Å². The van der Waals surface area contributed by atoms with Crippen molar-refractivity contribution in [3.8, 4) is 11.3 Å². The van der Waals surface area contributed by atoms with Crippen LogP contribution in [0.15, 0.2) is 60.7 Å². The molecule has 29 heavy (non-hydrogen) atoms. The number of rotatable bonds is 3. The van der Waals surface area contributed by atoms with Crippen LogP contribution in [0.3, 0.4) is 0 Å². The molecule has 0 fully saturated rings. The van der Waals surface area contributed by atoms with E-state index in [1.165, 1.54) is 10.7 Å². The third-order valence-electron chi connectivity index (χ3n) is 4.81. The Kier molecular flexibility index (Phi) is 4.82. The standard InChI is InChI=1S/C22H15ClF4N2/c1-13-10-11-18(23)16(19(13)24)12-29-21(14-6-3-2-4-7-14)15-8-5-9-17(20(15)28-29)22(25,26)27/h2-11H,12H2,1H3. The van der Waals surface area contributed by atoms with Crippen molar-refractivity contribution in [3.05, 3.63) is 88.2 Å². The van der Waals surface area contributed by atoms with Crippen molar-refractivity contribution in [3.63, 3.8) is 0 Å². The first-order valence-electron chi connectivity index (χ1n) is 8.83. The monoisotopic (exact) mass is 418 g/mol. The molecule has 0 aliphatic heterocycles. The number of halogens is 5. The molecule has 0 saturated carbocycles. The highest BCUT2D eigenvalue weighted by molar-refractivity contribution is 6.31. The van der Waals surface area contributed by atoms with E-state index in [4.69, 9.17) is 11.6 Å². The molecule has 4 aromatic rings. The predicted octanol–water partition coefficient (Wildman–Crippen LogP) is 6.87. The van der Waals surface area contributed by atoms with Gasteiger partial charge in [0.2, 0.25) is 0 Å². The third kappa shape index (κ3) is 3.49. The molecule has 148 valence electrons. The van der Waals surface area contributed by atoms with E-state index < -0.39 is 17.6 Å². The van der Waals surface area contributed by atoms with E-state index in [9.17, 15) is 17.6 Å². The van der Waals surface area contributed by atoms with E-state index in [1.807, 2.05) is 6.07 Å². The van der Waals surface area contributed by atoms with Crippen LogP contribution in [0.25, 0.3) is 22.2 Å². The first-order chi connectivity index (χ1) is 13.8. The molecule has 0 aliphatic carbocycles. The highest BCUT2D eigenvalue weighted by Crippen LogP contribution is 2.38. The molecule has 1 heterocycles. The van der Waals surface area contributed by atoms with Crippen LogP contribution >= 0.6 is 11.6 Å². The summed E-state index contributed by atoms with van der Waals surface area (Å²) in [5.74, 6) is -0.493. The first-order valence-corrected chi connectivity index (χ1v) is 9.21. The summed E-state index contributed by atoms with van der Waals surface area (Å²) in [5, 5.41) is 4.77. The maximum absolute atomic E-state index is 14.7. The molecule has 0 N–H and O–H groups in total. The smallest absolute Gasteiger partial charge is 0.259 e. The largest absolute Gasteiger partial charge is 0.418 e. The Balaban J connectivity index is 2.00. The lowest BCUT2D eigenvalue weighted by Gasteiger charge is -2.12. The molecule has 0 saturated heterocycles. The van der Waals surface area contributed by atoms with Crippen molar-refractivity contribution in [2.24, 2.45) is 0 Å². The van der Waals surface area contributed by atoms with Crippen LogP contribution in [0.4, 0.5) is 17.6 Å². The number of alkyl halides is 3. The summed E-state index contributed by atoms with van der Waals surface area (Å²) in [7, 11) is 0. The van der Waals surface area contributed by atoms with Gasteiger partial charge in [-0.25, -0.2) is 4.39 Å². The number of fused-ring (bicyclic) bond motifs is 1. The van der Waals surface area contributed by atoms with Gasteiger partial charge in [-0.15, -0.1) is 0 Å². The molecule has 0 amide bonds. The molecule has 0 unspecified atom stereocenters. The zero-order chi connectivity index (χ0) is 20.8. The van der Waals surface area contributed by atoms with Gasteiger partial charge < -0.3 is 0 Å². The summed E-state index contributed by atoms with van der Waals surface area (Å²) in [5.41, 5.74) is 0.732. The topological polar surface area (TPSA) is 17.8 Å². The van der Waals surface area contributed by atoms with Crippen LogP contribution < -0.4 is 0 Å². The van der Waals surface area contributed by atoms with Gasteiger partial charge in [-0.1, -0.05) is 60.1 Å². The highest BCUT2D eigenvalue weighted by Gasteiger charge is 2.34. The molecule has 0 radical (unpaired) electrons. The predicted molar refractivity (Wildman–Crippen MR) is 105 cm³/mol. The minimum atomic E-state index is -4.56. The molecule has 3 aromatic carbocycles. The quantitative estimate of drug-likeness (QED) is 0.332. The van der Waals surface area contributed by atoms with Crippen LogP contribution in [0.2, 0.25) is 5.02 Å². The van der Waals surface area contributed by atoms with Gasteiger partial charge in [0.15, 0.2) is 0 Å². The van der Waals surface area contributed by atoms with Crippen LogP contribution in [-0.2, 0) is 12.7 Å². The number of aryl methyl sites for hydroxylation is 1. The fourth-order valence-electron chi connectivity index (χ4n) is 3.41. The Labute approximate surface area is 169 Å². The van der Waals surface area contributed by atoms with E-state index in [0.29, 0.717) is 22.2 Å². The number of hydrogen-bond acceptors (Lipinski definition) is 1. The lowest BCUT2D eigenvalue weighted by Crippen LogP contribution is -2.08. The highest BCUT2D eigenvalue weighted by atomic mass is 35.5. The molecule has 7 heteroatoms. The number of aromatic nitrogens is 2. The van der Waals surface area contributed by atoms with E-state index >= 15 is 0 Å². The summed E-state index contributed by atoms with van der Waals surface area (Å²) in [6, 6.07) is 16.0. The summed E-state index contributed by atoms with van der Waals surface area (Å²) < 4.78 is 56.7. The van der Waals surface area contributed by atoms with Gasteiger partial charge in [0, 0.05) is 21.5 Å². The van der Waals surface area contributed by atoms with Gasteiger partial charge in [0.1, 0.15) is 11.3 Å². The fraction of sp³-hybridized carbons (Fsp3) is 0.136. The van der Waals surface area contributed by atoms with Crippen LogP contribution in [-0.4, -0.2) is 9.78 Å². The molecular formula is C22H15ClF4N2. The molecule has 0 spiro atoms. The molecule has 0 atom stereocenters.